The molecule has 208 valence electrons. The number of benzene rings is 4. The molecule has 0 radical (unpaired) electrons. The van der Waals surface area contributed by atoms with Crippen molar-refractivity contribution in [3.63, 3.8) is 0 Å². The lowest BCUT2D eigenvalue weighted by Gasteiger charge is -2.26. The van der Waals surface area contributed by atoms with Crippen molar-refractivity contribution in [2.24, 2.45) is 0 Å². The number of rotatable bonds is 11. The molecule has 1 N–H and O–H groups in total. The van der Waals surface area contributed by atoms with E-state index in [4.69, 9.17) is 4.74 Å². The average Bonchev–Trinajstić information content (AvgIpc) is 3.47. The van der Waals surface area contributed by atoms with Crippen LogP contribution in [0.1, 0.15) is 21.5 Å². The van der Waals surface area contributed by atoms with Crippen LogP contribution >= 0.6 is 23.1 Å². The van der Waals surface area contributed by atoms with Crippen LogP contribution < -0.4 is 14.4 Å². The van der Waals surface area contributed by atoms with Crippen molar-refractivity contribution in [2.45, 2.75) is 21.5 Å². The van der Waals surface area contributed by atoms with Crippen molar-refractivity contribution in [1.29, 1.82) is 0 Å². The van der Waals surface area contributed by atoms with Crippen molar-refractivity contribution in [2.75, 3.05) is 16.7 Å². The molecule has 41 heavy (non-hydrogen) atoms. The van der Waals surface area contributed by atoms with Gasteiger partial charge in [0.05, 0.1) is 29.8 Å². The van der Waals surface area contributed by atoms with Gasteiger partial charge in [-0.3, -0.25) is 14.4 Å². The lowest BCUT2D eigenvalue weighted by Crippen LogP contribution is -2.32. The van der Waals surface area contributed by atoms with Gasteiger partial charge >= 0.3 is 0 Å². The Bertz CT molecular complexity index is 1710. The van der Waals surface area contributed by atoms with Crippen molar-refractivity contribution in [3.05, 3.63) is 126 Å². The number of nitrogens with one attached hydrogen (secondary N) is 1. The highest BCUT2D eigenvalue weighted by molar-refractivity contribution is 8.00. The Kier molecular flexibility index (Phi) is 8.98. The third-order valence-electron chi connectivity index (χ3n) is 6.07. The van der Waals surface area contributed by atoms with Crippen molar-refractivity contribution < 1.29 is 17.9 Å². The normalized spacial score (nSPS) is 11.1. The molecular formula is C30H26N4O4S3. The van der Waals surface area contributed by atoms with Gasteiger partial charge < -0.3 is 4.74 Å². The largest absolute Gasteiger partial charge is 0.497 e. The highest BCUT2D eigenvalue weighted by Crippen LogP contribution is 2.32. The van der Waals surface area contributed by atoms with E-state index in [-0.39, 0.29) is 22.7 Å². The summed E-state index contributed by atoms with van der Waals surface area (Å²) in [6, 6.07) is 32.0. The number of aromatic nitrogens is 2. The third kappa shape index (κ3) is 6.94. The van der Waals surface area contributed by atoms with Crippen LogP contribution in [0.5, 0.6) is 5.75 Å². The summed E-state index contributed by atoms with van der Waals surface area (Å²) in [7, 11) is -2.55. The first kappa shape index (κ1) is 28.3. The maximum Gasteiger partial charge on any atom is 0.264 e. The summed E-state index contributed by atoms with van der Waals surface area (Å²) < 4.78 is 35.1. The first-order valence-electron chi connectivity index (χ1n) is 12.6. The quantitative estimate of drug-likeness (QED) is 0.136. The molecule has 0 aliphatic carbocycles. The summed E-state index contributed by atoms with van der Waals surface area (Å²) >= 11 is 2.79. The molecule has 1 heterocycles. The van der Waals surface area contributed by atoms with E-state index < -0.39 is 15.9 Å². The van der Waals surface area contributed by atoms with Crippen LogP contribution in [0.15, 0.2) is 118 Å². The number of carbonyl (C=O) groups excluding carboxylic acids is 1. The van der Waals surface area contributed by atoms with Gasteiger partial charge in [0, 0.05) is 5.75 Å². The zero-order valence-electron chi connectivity index (χ0n) is 22.0. The molecule has 1 aromatic heterocycles. The number of nitrogens with zero attached hydrogens (tertiary/aromatic N) is 3. The van der Waals surface area contributed by atoms with E-state index in [1.165, 1.54) is 46.6 Å². The summed E-state index contributed by atoms with van der Waals surface area (Å²) in [6.07, 6.45) is 0. The first-order chi connectivity index (χ1) is 19.9. The number of thioether (sulfide) groups is 1. The number of hydrogen-bond acceptors (Lipinski definition) is 8. The fourth-order valence-electron chi connectivity index (χ4n) is 4.01. The second-order valence-corrected chi connectivity index (χ2v) is 12.9. The molecule has 8 nitrogen and oxygen atoms in total. The molecule has 1 amide bonds. The predicted molar refractivity (Wildman–Crippen MR) is 163 cm³/mol. The minimum atomic E-state index is -4.07. The van der Waals surface area contributed by atoms with Crippen LogP contribution in [0.25, 0.3) is 0 Å². The average molecular weight is 603 g/mol. The highest BCUT2D eigenvalue weighted by atomic mass is 32.2. The Morgan fingerprint density at radius 2 is 1.49 bits per heavy atom. The van der Waals surface area contributed by atoms with Gasteiger partial charge in [-0.05, 0) is 47.5 Å². The molecule has 5 rings (SSSR count). The molecule has 0 bridgehead atoms. The summed E-state index contributed by atoms with van der Waals surface area (Å²) in [4.78, 5) is 13.6. The maximum atomic E-state index is 14.0. The Morgan fingerprint density at radius 1 is 0.854 bits per heavy atom. The van der Waals surface area contributed by atoms with Gasteiger partial charge in [-0.25, -0.2) is 8.42 Å². The highest BCUT2D eigenvalue weighted by Gasteiger charge is 2.29. The minimum Gasteiger partial charge on any atom is -0.497 e. The van der Waals surface area contributed by atoms with Crippen molar-refractivity contribution in [3.8, 4) is 5.75 Å². The number of anilines is 2. The molecular weight excluding hydrogens is 577 g/mol. The Balaban J connectivity index is 1.42. The third-order valence-corrected chi connectivity index (χ3v) is 9.88. The molecule has 11 heteroatoms. The number of ether oxygens (including phenoxy) is 1. The Labute approximate surface area is 247 Å². The Hall–Kier alpha value is -4.19. The number of sulfonamides is 1. The van der Waals surface area contributed by atoms with Crippen molar-refractivity contribution >= 4 is 49.8 Å². The zero-order chi connectivity index (χ0) is 28.7. The summed E-state index contributed by atoms with van der Waals surface area (Å²) in [5.74, 6) is 0.778. The lowest BCUT2D eigenvalue weighted by molar-refractivity contribution is 0.102. The van der Waals surface area contributed by atoms with Crippen LogP contribution in [0.4, 0.5) is 10.8 Å². The molecule has 0 aliphatic heterocycles. The van der Waals surface area contributed by atoms with E-state index in [2.05, 4.69) is 15.5 Å². The van der Waals surface area contributed by atoms with E-state index in [1.54, 1.807) is 36.4 Å². The van der Waals surface area contributed by atoms with E-state index in [1.807, 2.05) is 60.7 Å². The van der Waals surface area contributed by atoms with Crippen LogP contribution in [-0.2, 0) is 22.3 Å². The number of para-hydroxylation sites is 1. The molecule has 0 unspecified atom stereocenters. The van der Waals surface area contributed by atoms with Gasteiger partial charge in [0.2, 0.25) is 5.13 Å². The van der Waals surface area contributed by atoms with Gasteiger partial charge in [-0.15, -0.1) is 10.2 Å². The smallest absolute Gasteiger partial charge is 0.264 e. The topological polar surface area (TPSA) is 101 Å². The van der Waals surface area contributed by atoms with E-state index in [0.29, 0.717) is 15.2 Å². The predicted octanol–water partition coefficient (Wildman–Crippen LogP) is 6.49. The fraction of sp³-hybridized carbons (Fsp3) is 0.100. The molecule has 0 atom stereocenters. The summed E-state index contributed by atoms with van der Waals surface area (Å²) in [5, 5.41) is 11.4. The van der Waals surface area contributed by atoms with Crippen LogP contribution in [0.3, 0.4) is 0 Å². The number of carbonyl (C=O) groups is 1. The minimum absolute atomic E-state index is 0.0264. The van der Waals surface area contributed by atoms with Gasteiger partial charge in [0.15, 0.2) is 4.34 Å². The standard InChI is InChI=1S/C30H26N4O4S3/c1-38-24-16-18-25(19-17-24)41(36,37)34(20-22-10-4-2-5-11-22)27-15-9-8-14-26(27)28(35)31-29-32-33-30(40-29)39-21-23-12-6-3-7-13-23/h2-19H,20-21H2,1H3,(H,31,32,35). The van der Waals surface area contributed by atoms with Gasteiger partial charge in [0.25, 0.3) is 15.9 Å². The monoisotopic (exact) mass is 602 g/mol. The SMILES string of the molecule is COc1ccc(S(=O)(=O)N(Cc2ccccc2)c2ccccc2C(=O)Nc2nnc(SCc3ccccc3)s2)cc1. The van der Waals surface area contributed by atoms with E-state index in [0.717, 1.165) is 16.9 Å². The molecule has 0 aliphatic rings. The van der Waals surface area contributed by atoms with Gasteiger partial charge in [0.1, 0.15) is 5.75 Å². The summed E-state index contributed by atoms with van der Waals surface area (Å²) in [5.41, 5.74) is 2.36. The van der Waals surface area contributed by atoms with Crippen molar-refractivity contribution in [1.82, 2.24) is 10.2 Å². The van der Waals surface area contributed by atoms with Crippen LogP contribution in [-0.4, -0.2) is 31.6 Å². The molecule has 0 saturated carbocycles. The second kappa shape index (κ2) is 13.0. The van der Waals surface area contributed by atoms with E-state index >= 15 is 0 Å². The van der Waals surface area contributed by atoms with Crippen LogP contribution in [0.2, 0.25) is 0 Å². The molecule has 5 aromatic rings. The molecule has 0 fully saturated rings. The van der Waals surface area contributed by atoms with E-state index in [9.17, 15) is 13.2 Å². The lowest BCUT2D eigenvalue weighted by atomic mass is 10.1. The number of methoxy groups -OCH3 is 1. The fourth-order valence-corrected chi connectivity index (χ4v) is 7.18. The molecule has 4 aromatic carbocycles. The Morgan fingerprint density at radius 3 is 2.17 bits per heavy atom. The van der Waals surface area contributed by atoms with Gasteiger partial charge in [-0.1, -0.05) is 95.9 Å². The zero-order valence-corrected chi connectivity index (χ0v) is 24.5. The molecule has 0 spiro atoms. The number of amides is 1. The second-order valence-electron chi connectivity index (χ2n) is 8.79. The van der Waals surface area contributed by atoms with Crippen LogP contribution in [0, 0.1) is 0 Å². The first-order valence-corrected chi connectivity index (χ1v) is 15.8. The van der Waals surface area contributed by atoms with Gasteiger partial charge in [-0.2, -0.15) is 0 Å². The number of hydrogen-bond donors (Lipinski definition) is 1. The molecule has 0 saturated heterocycles. The summed E-state index contributed by atoms with van der Waals surface area (Å²) in [6.45, 7) is 0.0264. The maximum absolute atomic E-state index is 14.0.